The summed E-state index contributed by atoms with van der Waals surface area (Å²) in [5.41, 5.74) is 3.62. The van der Waals surface area contributed by atoms with Gasteiger partial charge in [0, 0.05) is 18.3 Å². The number of nitrogens with zero attached hydrogens (tertiary/aromatic N) is 2. The van der Waals surface area contributed by atoms with E-state index in [2.05, 4.69) is 10.3 Å². The highest BCUT2D eigenvalue weighted by atomic mass is 19.1. The number of hydrogen-bond acceptors (Lipinski definition) is 3. The van der Waals surface area contributed by atoms with Gasteiger partial charge in [0.2, 0.25) is 0 Å². The van der Waals surface area contributed by atoms with E-state index in [1.165, 1.54) is 24.3 Å². The lowest BCUT2D eigenvalue weighted by molar-refractivity contribution is -0.118. The fourth-order valence-electron chi connectivity index (χ4n) is 2.98. The summed E-state index contributed by atoms with van der Waals surface area (Å²) >= 11 is 0. The van der Waals surface area contributed by atoms with E-state index in [4.69, 9.17) is 4.74 Å². The number of carbonyl (C=O) groups is 1. The Morgan fingerprint density at radius 1 is 1.04 bits per heavy atom. The zero-order valence-electron chi connectivity index (χ0n) is 15.2. The first-order valence-electron chi connectivity index (χ1n) is 8.80. The van der Waals surface area contributed by atoms with Crippen molar-refractivity contribution >= 4 is 22.6 Å². The number of aryl methyl sites for hydroxylation is 1. The molecule has 0 atom stereocenters. The van der Waals surface area contributed by atoms with Crippen molar-refractivity contribution < 1.29 is 13.9 Å². The van der Waals surface area contributed by atoms with Crippen LogP contribution in [0, 0.1) is 5.82 Å². The van der Waals surface area contributed by atoms with Gasteiger partial charge in [-0.05, 0) is 60.7 Å². The molecule has 1 heterocycles. The molecule has 0 spiro atoms. The van der Waals surface area contributed by atoms with Gasteiger partial charge in [0.15, 0.2) is 6.61 Å². The Balaban J connectivity index is 1.42. The van der Waals surface area contributed by atoms with Crippen LogP contribution in [0.15, 0.2) is 72.8 Å². The largest absolute Gasteiger partial charge is 0.484 e. The van der Waals surface area contributed by atoms with Gasteiger partial charge in [-0.3, -0.25) is 4.79 Å². The van der Waals surface area contributed by atoms with Crippen molar-refractivity contribution in [3.8, 4) is 17.1 Å². The summed E-state index contributed by atoms with van der Waals surface area (Å²) in [6, 6.07) is 21.0. The van der Waals surface area contributed by atoms with E-state index < -0.39 is 0 Å². The first-order valence-corrected chi connectivity index (χ1v) is 8.80. The molecule has 0 unspecified atom stereocenters. The summed E-state index contributed by atoms with van der Waals surface area (Å²) in [6.07, 6.45) is 0. The van der Waals surface area contributed by atoms with Crippen LogP contribution in [0.2, 0.25) is 0 Å². The Morgan fingerprint density at radius 3 is 2.46 bits per heavy atom. The predicted octanol–water partition coefficient (Wildman–Crippen LogP) is 4.40. The molecule has 6 heteroatoms. The van der Waals surface area contributed by atoms with E-state index in [0.29, 0.717) is 11.4 Å². The second-order valence-electron chi connectivity index (χ2n) is 6.35. The van der Waals surface area contributed by atoms with Gasteiger partial charge in [-0.15, -0.1) is 0 Å². The molecule has 0 radical (unpaired) electrons. The van der Waals surface area contributed by atoms with Crippen LogP contribution in [0.1, 0.15) is 0 Å². The van der Waals surface area contributed by atoms with Crippen LogP contribution in [0.4, 0.5) is 10.1 Å². The molecule has 0 aliphatic rings. The number of nitrogens with one attached hydrogen (secondary N) is 1. The Morgan fingerprint density at radius 2 is 1.75 bits per heavy atom. The number of imidazole rings is 1. The number of hydrogen-bond donors (Lipinski definition) is 1. The number of fused-ring (bicyclic) bond motifs is 1. The van der Waals surface area contributed by atoms with Crippen LogP contribution in [0.5, 0.6) is 5.75 Å². The summed E-state index contributed by atoms with van der Waals surface area (Å²) in [4.78, 5) is 16.7. The number of rotatable bonds is 5. The molecule has 0 fully saturated rings. The number of ether oxygens (including phenoxy) is 1. The number of amides is 1. The van der Waals surface area contributed by atoms with Crippen LogP contribution in [0.25, 0.3) is 22.4 Å². The number of aromatic nitrogens is 2. The Bertz CT molecular complexity index is 1120. The minimum Gasteiger partial charge on any atom is -0.484 e. The lowest BCUT2D eigenvalue weighted by Gasteiger charge is -2.08. The van der Waals surface area contributed by atoms with Gasteiger partial charge in [-0.25, -0.2) is 9.37 Å². The predicted molar refractivity (Wildman–Crippen MR) is 107 cm³/mol. The Kier molecular flexibility index (Phi) is 4.76. The van der Waals surface area contributed by atoms with E-state index in [1.54, 1.807) is 0 Å². The fourth-order valence-corrected chi connectivity index (χ4v) is 2.98. The van der Waals surface area contributed by atoms with Gasteiger partial charge < -0.3 is 14.6 Å². The monoisotopic (exact) mass is 375 g/mol. The quantitative estimate of drug-likeness (QED) is 0.563. The standard InChI is InChI=1S/C22H18FN3O2/c1-26-20-5-3-2-4-19(20)25-22(26)15-6-10-17(11-7-15)24-21(27)14-28-18-12-8-16(23)9-13-18/h2-13H,14H2,1H3,(H,24,27). The molecule has 1 amide bonds. The molecule has 140 valence electrons. The van der Waals surface area contributed by atoms with Crippen molar-refractivity contribution in [3.05, 3.63) is 78.6 Å². The van der Waals surface area contributed by atoms with Crippen LogP contribution in [-0.2, 0) is 11.8 Å². The van der Waals surface area contributed by atoms with Crippen molar-refractivity contribution in [1.29, 1.82) is 0 Å². The third-order valence-electron chi connectivity index (χ3n) is 4.40. The number of halogens is 1. The van der Waals surface area contributed by atoms with Gasteiger partial charge >= 0.3 is 0 Å². The third-order valence-corrected chi connectivity index (χ3v) is 4.40. The van der Waals surface area contributed by atoms with E-state index in [0.717, 1.165) is 22.4 Å². The molecular weight excluding hydrogens is 357 g/mol. The molecule has 1 aromatic heterocycles. The molecule has 1 N–H and O–H groups in total. The fraction of sp³-hybridized carbons (Fsp3) is 0.0909. The second-order valence-corrected chi connectivity index (χ2v) is 6.35. The van der Waals surface area contributed by atoms with Crippen molar-refractivity contribution in [2.24, 2.45) is 7.05 Å². The van der Waals surface area contributed by atoms with E-state index in [-0.39, 0.29) is 18.3 Å². The molecule has 5 nitrogen and oxygen atoms in total. The van der Waals surface area contributed by atoms with Gasteiger partial charge in [0.05, 0.1) is 11.0 Å². The first kappa shape index (κ1) is 17.7. The number of benzene rings is 3. The maximum absolute atomic E-state index is 12.9. The van der Waals surface area contributed by atoms with Crippen LogP contribution in [0.3, 0.4) is 0 Å². The number of para-hydroxylation sites is 2. The molecular formula is C22H18FN3O2. The number of carbonyl (C=O) groups excluding carboxylic acids is 1. The van der Waals surface area contributed by atoms with Gasteiger partial charge in [0.1, 0.15) is 17.4 Å². The first-order chi connectivity index (χ1) is 13.6. The highest BCUT2D eigenvalue weighted by Gasteiger charge is 2.10. The minimum absolute atomic E-state index is 0.155. The zero-order chi connectivity index (χ0) is 19.5. The van der Waals surface area contributed by atoms with Crippen molar-refractivity contribution in [3.63, 3.8) is 0 Å². The maximum Gasteiger partial charge on any atom is 0.262 e. The molecule has 0 bridgehead atoms. The molecule has 0 aliphatic carbocycles. The van der Waals surface area contributed by atoms with Gasteiger partial charge in [-0.2, -0.15) is 0 Å². The summed E-state index contributed by atoms with van der Waals surface area (Å²) in [5, 5.41) is 2.78. The highest BCUT2D eigenvalue weighted by molar-refractivity contribution is 5.92. The molecule has 4 rings (SSSR count). The SMILES string of the molecule is Cn1c(-c2ccc(NC(=O)COc3ccc(F)cc3)cc2)nc2ccccc21. The lowest BCUT2D eigenvalue weighted by Crippen LogP contribution is -2.20. The highest BCUT2D eigenvalue weighted by Crippen LogP contribution is 2.24. The van der Waals surface area contributed by atoms with Gasteiger partial charge in [0.25, 0.3) is 5.91 Å². The normalized spacial score (nSPS) is 10.8. The summed E-state index contributed by atoms with van der Waals surface area (Å²) < 4.78 is 20.3. The van der Waals surface area contributed by atoms with Crippen LogP contribution < -0.4 is 10.1 Å². The molecule has 4 aromatic rings. The topological polar surface area (TPSA) is 56.2 Å². The van der Waals surface area contributed by atoms with Crippen molar-refractivity contribution in [2.75, 3.05) is 11.9 Å². The third kappa shape index (κ3) is 3.71. The summed E-state index contributed by atoms with van der Waals surface area (Å²) in [7, 11) is 1.98. The molecule has 0 saturated heterocycles. The van der Waals surface area contributed by atoms with Crippen molar-refractivity contribution in [2.45, 2.75) is 0 Å². The molecule has 28 heavy (non-hydrogen) atoms. The van der Waals surface area contributed by atoms with E-state index >= 15 is 0 Å². The zero-order valence-corrected chi connectivity index (χ0v) is 15.2. The average Bonchev–Trinajstić information content (AvgIpc) is 3.05. The minimum atomic E-state index is -0.350. The lowest BCUT2D eigenvalue weighted by atomic mass is 10.2. The van der Waals surface area contributed by atoms with Crippen LogP contribution >= 0.6 is 0 Å². The molecule has 3 aromatic carbocycles. The van der Waals surface area contributed by atoms with Gasteiger partial charge in [-0.1, -0.05) is 12.1 Å². The smallest absolute Gasteiger partial charge is 0.262 e. The van der Waals surface area contributed by atoms with E-state index in [1.807, 2.05) is 60.1 Å². The molecule has 0 saturated carbocycles. The summed E-state index contributed by atoms with van der Waals surface area (Å²) in [5.74, 6) is 0.657. The number of anilines is 1. The van der Waals surface area contributed by atoms with Crippen molar-refractivity contribution in [1.82, 2.24) is 9.55 Å². The average molecular weight is 375 g/mol. The Labute approximate surface area is 161 Å². The summed E-state index contributed by atoms with van der Waals surface area (Å²) in [6.45, 7) is -0.155. The second kappa shape index (κ2) is 7.52. The Hall–Kier alpha value is -3.67. The van der Waals surface area contributed by atoms with E-state index in [9.17, 15) is 9.18 Å². The maximum atomic E-state index is 12.9. The molecule has 0 aliphatic heterocycles. The van der Waals surface area contributed by atoms with Crippen LogP contribution in [-0.4, -0.2) is 22.1 Å².